The summed E-state index contributed by atoms with van der Waals surface area (Å²) in [5.74, 6) is -0.282. The number of aliphatic imine (C=N–C) groups is 1. The Kier molecular flexibility index (Phi) is 3.54. The summed E-state index contributed by atoms with van der Waals surface area (Å²) in [5.41, 5.74) is 1.92. The van der Waals surface area contributed by atoms with Gasteiger partial charge < -0.3 is 0 Å². The van der Waals surface area contributed by atoms with E-state index >= 15 is 0 Å². The Bertz CT molecular complexity index is 428. The lowest BCUT2D eigenvalue weighted by Gasteiger charge is -1.98. The molecular formula is C11H10N4. The zero-order valence-corrected chi connectivity index (χ0v) is 8.60. The number of pyridine rings is 1. The third-order valence-corrected chi connectivity index (χ3v) is 1.72. The fourth-order valence-electron chi connectivity index (χ4n) is 1.13. The maximum atomic E-state index is 8.53. The minimum absolute atomic E-state index is 0.531. The minimum Gasteiger partial charge on any atom is -0.239 e. The van der Waals surface area contributed by atoms with Gasteiger partial charge in [0.05, 0.1) is 12.1 Å². The molecule has 0 fully saturated rings. The average Bonchev–Trinajstić information content (AvgIpc) is 2.18. The molecule has 0 atom stereocenters. The van der Waals surface area contributed by atoms with E-state index in [1.807, 2.05) is 32.1 Å². The van der Waals surface area contributed by atoms with Gasteiger partial charge in [-0.25, -0.2) is 9.98 Å². The first-order chi connectivity index (χ1) is 7.15. The Balaban J connectivity index is 2.91. The van der Waals surface area contributed by atoms with E-state index in [-0.39, 0.29) is 0 Å². The summed E-state index contributed by atoms with van der Waals surface area (Å²) in [4.78, 5) is 8.15. The van der Waals surface area contributed by atoms with Crippen LogP contribution in [-0.2, 0) is 0 Å². The molecule has 0 spiro atoms. The average molecular weight is 198 g/mol. The molecule has 15 heavy (non-hydrogen) atoms. The smallest absolute Gasteiger partial charge is 0.168 e. The number of hydrogen-bond donors (Lipinski definition) is 0. The van der Waals surface area contributed by atoms with Crippen LogP contribution in [-0.4, -0.2) is 11.2 Å². The number of nitriles is 2. The predicted octanol–water partition coefficient (Wildman–Crippen LogP) is 2.06. The highest BCUT2D eigenvalue weighted by atomic mass is 14.9. The van der Waals surface area contributed by atoms with Crippen molar-refractivity contribution in [3.8, 4) is 12.1 Å². The number of hydrogen-bond acceptors (Lipinski definition) is 4. The van der Waals surface area contributed by atoms with E-state index < -0.39 is 5.92 Å². The maximum Gasteiger partial charge on any atom is 0.168 e. The first-order valence-corrected chi connectivity index (χ1v) is 4.44. The SMILES string of the molecule is Cc1cc(C)nc(N=CC(C#N)C#N)c1. The predicted molar refractivity (Wildman–Crippen MR) is 56.6 cm³/mol. The van der Waals surface area contributed by atoms with E-state index in [1.54, 1.807) is 6.07 Å². The molecule has 0 amide bonds. The second kappa shape index (κ2) is 4.88. The summed E-state index contributed by atoms with van der Waals surface area (Å²) in [6, 6.07) is 7.36. The maximum absolute atomic E-state index is 8.53. The van der Waals surface area contributed by atoms with Crippen LogP contribution in [0.4, 0.5) is 5.82 Å². The Labute approximate surface area is 88.5 Å². The van der Waals surface area contributed by atoms with Crippen molar-refractivity contribution in [3.63, 3.8) is 0 Å². The lowest BCUT2D eigenvalue weighted by Crippen LogP contribution is -1.93. The summed E-state index contributed by atoms with van der Waals surface area (Å²) in [7, 11) is 0. The fourth-order valence-corrected chi connectivity index (χ4v) is 1.13. The standard InChI is InChI=1S/C11H10N4/c1-8-3-9(2)15-11(4-8)14-7-10(5-12)6-13/h3-4,7,10H,1-2H3. The van der Waals surface area contributed by atoms with Crippen molar-refractivity contribution in [2.75, 3.05) is 0 Å². The highest BCUT2D eigenvalue weighted by Gasteiger charge is 2.00. The van der Waals surface area contributed by atoms with E-state index in [4.69, 9.17) is 10.5 Å². The van der Waals surface area contributed by atoms with Gasteiger partial charge in [0.2, 0.25) is 0 Å². The van der Waals surface area contributed by atoms with Crippen LogP contribution in [0.2, 0.25) is 0 Å². The van der Waals surface area contributed by atoms with E-state index in [9.17, 15) is 0 Å². The largest absolute Gasteiger partial charge is 0.239 e. The van der Waals surface area contributed by atoms with E-state index in [0.717, 1.165) is 11.3 Å². The number of nitrogens with zero attached hydrogens (tertiary/aromatic N) is 4. The second-order valence-electron chi connectivity index (χ2n) is 3.16. The molecule has 0 aliphatic rings. The topological polar surface area (TPSA) is 72.8 Å². The molecule has 1 heterocycles. The molecule has 1 aromatic rings. The highest BCUT2D eigenvalue weighted by Crippen LogP contribution is 2.11. The molecule has 0 aliphatic heterocycles. The molecule has 0 unspecified atom stereocenters. The summed E-state index contributed by atoms with van der Waals surface area (Å²) in [6.45, 7) is 3.82. The molecule has 4 nitrogen and oxygen atoms in total. The van der Waals surface area contributed by atoms with Crippen molar-refractivity contribution >= 4 is 12.0 Å². The lowest BCUT2D eigenvalue weighted by atomic mass is 10.2. The Morgan fingerprint density at radius 1 is 1.33 bits per heavy atom. The third-order valence-electron chi connectivity index (χ3n) is 1.72. The van der Waals surface area contributed by atoms with Crippen LogP contribution in [0.1, 0.15) is 11.3 Å². The van der Waals surface area contributed by atoms with Crippen molar-refractivity contribution in [2.45, 2.75) is 13.8 Å². The normalized spacial score (nSPS) is 10.2. The monoisotopic (exact) mass is 198 g/mol. The molecule has 0 saturated heterocycles. The second-order valence-corrected chi connectivity index (χ2v) is 3.16. The van der Waals surface area contributed by atoms with Crippen LogP contribution in [0.3, 0.4) is 0 Å². The molecular weight excluding hydrogens is 188 g/mol. The van der Waals surface area contributed by atoms with Crippen molar-refractivity contribution < 1.29 is 0 Å². The fraction of sp³-hybridized carbons (Fsp3) is 0.273. The third kappa shape index (κ3) is 3.21. The summed E-state index contributed by atoms with van der Waals surface area (Å²) in [5, 5.41) is 17.1. The molecule has 1 aromatic heterocycles. The van der Waals surface area contributed by atoms with Crippen LogP contribution in [0.25, 0.3) is 0 Å². The highest BCUT2D eigenvalue weighted by molar-refractivity contribution is 5.70. The Morgan fingerprint density at radius 2 is 2.00 bits per heavy atom. The van der Waals surface area contributed by atoms with Crippen molar-refractivity contribution in [3.05, 3.63) is 23.4 Å². The van der Waals surface area contributed by atoms with Crippen LogP contribution < -0.4 is 0 Å². The molecule has 0 aromatic carbocycles. The summed E-state index contributed by atoms with van der Waals surface area (Å²) < 4.78 is 0. The van der Waals surface area contributed by atoms with Gasteiger partial charge in [-0.3, -0.25) is 0 Å². The molecule has 0 saturated carbocycles. The first-order valence-electron chi connectivity index (χ1n) is 4.44. The van der Waals surface area contributed by atoms with Crippen LogP contribution >= 0.6 is 0 Å². The van der Waals surface area contributed by atoms with Gasteiger partial charge in [-0.1, -0.05) is 0 Å². The van der Waals surface area contributed by atoms with Crippen LogP contribution in [0.5, 0.6) is 0 Å². The van der Waals surface area contributed by atoms with Gasteiger partial charge in [0.1, 0.15) is 0 Å². The van der Waals surface area contributed by atoms with Crippen LogP contribution in [0, 0.1) is 42.4 Å². The zero-order chi connectivity index (χ0) is 11.3. The molecule has 0 bridgehead atoms. The lowest BCUT2D eigenvalue weighted by molar-refractivity contribution is 1.13. The molecule has 0 aliphatic carbocycles. The summed E-state index contributed by atoms with van der Waals surface area (Å²) >= 11 is 0. The zero-order valence-electron chi connectivity index (χ0n) is 8.60. The molecule has 74 valence electrons. The van der Waals surface area contributed by atoms with Gasteiger partial charge >= 0.3 is 0 Å². The van der Waals surface area contributed by atoms with Crippen molar-refractivity contribution in [1.29, 1.82) is 10.5 Å². The molecule has 0 N–H and O–H groups in total. The van der Waals surface area contributed by atoms with E-state index in [0.29, 0.717) is 5.82 Å². The van der Waals surface area contributed by atoms with Gasteiger partial charge in [0.25, 0.3) is 0 Å². The van der Waals surface area contributed by atoms with E-state index in [2.05, 4.69) is 9.98 Å². The van der Waals surface area contributed by atoms with Gasteiger partial charge in [0.15, 0.2) is 11.7 Å². The first kappa shape index (κ1) is 10.9. The van der Waals surface area contributed by atoms with Crippen molar-refractivity contribution in [1.82, 2.24) is 4.98 Å². The van der Waals surface area contributed by atoms with Gasteiger partial charge in [-0.2, -0.15) is 10.5 Å². The summed E-state index contributed by atoms with van der Waals surface area (Å²) in [6.07, 6.45) is 1.31. The minimum atomic E-state index is -0.812. The van der Waals surface area contributed by atoms with Crippen LogP contribution in [0.15, 0.2) is 17.1 Å². The van der Waals surface area contributed by atoms with Gasteiger partial charge in [0, 0.05) is 11.9 Å². The van der Waals surface area contributed by atoms with E-state index in [1.165, 1.54) is 6.21 Å². The number of aromatic nitrogens is 1. The Morgan fingerprint density at radius 3 is 2.53 bits per heavy atom. The quantitative estimate of drug-likeness (QED) is 0.683. The molecule has 1 rings (SSSR count). The van der Waals surface area contributed by atoms with Crippen molar-refractivity contribution in [2.24, 2.45) is 10.9 Å². The molecule has 0 radical (unpaired) electrons. The number of aryl methyl sites for hydroxylation is 2. The molecule has 4 heteroatoms. The van der Waals surface area contributed by atoms with Gasteiger partial charge in [-0.05, 0) is 31.5 Å². The van der Waals surface area contributed by atoms with Gasteiger partial charge in [-0.15, -0.1) is 0 Å². The Hall–Kier alpha value is -2.20. The number of rotatable bonds is 2.